The summed E-state index contributed by atoms with van der Waals surface area (Å²) in [5, 5.41) is 5.59. The van der Waals surface area contributed by atoms with Crippen LogP contribution in [0.15, 0.2) is 30.3 Å². The van der Waals surface area contributed by atoms with Crippen LogP contribution in [0.1, 0.15) is 19.3 Å². The van der Waals surface area contributed by atoms with Crippen molar-refractivity contribution in [2.45, 2.75) is 25.3 Å². The van der Waals surface area contributed by atoms with Crippen molar-refractivity contribution < 1.29 is 14.3 Å². The molecule has 1 saturated carbocycles. The van der Waals surface area contributed by atoms with Gasteiger partial charge in [0.05, 0.1) is 13.0 Å². The molecule has 2 amide bonds. The van der Waals surface area contributed by atoms with Gasteiger partial charge >= 0.3 is 12.0 Å². The third-order valence-corrected chi connectivity index (χ3v) is 3.37. The zero-order valence-electron chi connectivity index (χ0n) is 10.9. The van der Waals surface area contributed by atoms with Crippen LogP contribution in [-0.2, 0) is 9.53 Å². The van der Waals surface area contributed by atoms with E-state index < -0.39 is 0 Å². The number of carbonyl (C=O) groups excluding carboxylic acids is 2. The predicted molar refractivity (Wildman–Crippen MR) is 71.7 cm³/mol. The number of urea groups is 1. The maximum Gasteiger partial charge on any atom is 0.319 e. The van der Waals surface area contributed by atoms with E-state index in [1.54, 1.807) is 0 Å². The van der Waals surface area contributed by atoms with E-state index in [9.17, 15) is 9.59 Å². The van der Waals surface area contributed by atoms with Gasteiger partial charge < -0.3 is 15.4 Å². The molecule has 0 bridgehead atoms. The van der Waals surface area contributed by atoms with Gasteiger partial charge in [-0.1, -0.05) is 24.6 Å². The van der Waals surface area contributed by atoms with Gasteiger partial charge in [0.2, 0.25) is 0 Å². The standard InChI is InChI=1S/C14H18N2O3/c1-19-13(17)11-8-5-9-12(11)16-14(18)15-10-6-3-2-4-7-10/h2-4,6-7,11-12H,5,8-9H2,1H3,(H2,15,16,18)/t11-,12-/m1/s1. The molecule has 0 unspecified atom stereocenters. The summed E-state index contributed by atoms with van der Waals surface area (Å²) in [7, 11) is 1.38. The number of hydrogen-bond acceptors (Lipinski definition) is 3. The van der Waals surface area contributed by atoms with Gasteiger partial charge in [-0.15, -0.1) is 0 Å². The molecule has 0 spiro atoms. The van der Waals surface area contributed by atoms with Crippen LogP contribution >= 0.6 is 0 Å². The molecule has 1 aromatic carbocycles. The average molecular weight is 262 g/mol. The Morgan fingerprint density at radius 1 is 1.21 bits per heavy atom. The topological polar surface area (TPSA) is 67.4 Å². The largest absolute Gasteiger partial charge is 0.469 e. The third kappa shape index (κ3) is 3.47. The number of ether oxygens (including phenoxy) is 1. The van der Waals surface area contributed by atoms with Crippen LogP contribution in [0, 0.1) is 5.92 Å². The van der Waals surface area contributed by atoms with Crippen LogP contribution in [0.5, 0.6) is 0 Å². The molecule has 0 radical (unpaired) electrons. The highest BCUT2D eigenvalue weighted by Gasteiger charge is 2.34. The summed E-state index contributed by atoms with van der Waals surface area (Å²) < 4.78 is 4.75. The minimum atomic E-state index is -0.285. The lowest BCUT2D eigenvalue weighted by Crippen LogP contribution is -2.42. The number of carbonyl (C=O) groups is 2. The molecule has 2 atom stereocenters. The van der Waals surface area contributed by atoms with Gasteiger partial charge in [0, 0.05) is 11.7 Å². The lowest BCUT2D eigenvalue weighted by atomic mass is 10.0. The van der Waals surface area contributed by atoms with Gasteiger partial charge in [0.15, 0.2) is 0 Å². The van der Waals surface area contributed by atoms with Gasteiger partial charge in [-0.3, -0.25) is 4.79 Å². The molecule has 2 N–H and O–H groups in total. The summed E-state index contributed by atoms with van der Waals surface area (Å²) in [6, 6.07) is 8.78. The van der Waals surface area contributed by atoms with Crippen LogP contribution in [0.3, 0.4) is 0 Å². The maximum atomic E-state index is 11.9. The van der Waals surface area contributed by atoms with Crippen LogP contribution in [0.4, 0.5) is 10.5 Å². The van der Waals surface area contributed by atoms with E-state index in [-0.39, 0.29) is 24.0 Å². The minimum Gasteiger partial charge on any atom is -0.469 e. The van der Waals surface area contributed by atoms with Crippen molar-refractivity contribution in [2.24, 2.45) is 5.92 Å². The first-order chi connectivity index (χ1) is 9.20. The Labute approximate surface area is 112 Å². The van der Waals surface area contributed by atoms with Crippen molar-refractivity contribution >= 4 is 17.7 Å². The molecule has 1 aromatic rings. The first-order valence-corrected chi connectivity index (χ1v) is 6.41. The van der Waals surface area contributed by atoms with E-state index in [1.165, 1.54) is 7.11 Å². The highest BCUT2D eigenvalue weighted by Crippen LogP contribution is 2.26. The highest BCUT2D eigenvalue weighted by atomic mass is 16.5. The summed E-state index contributed by atoms with van der Waals surface area (Å²) in [6.07, 6.45) is 2.50. The number of rotatable bonds is 3. The summed E-state index contributed by atoms with van der Waals surface area (Å²) >= 11 is 0. The zero-order chi connectivity index (χ0) is 13.7. The first-order valence-electron chi connectivity index (χ1n) is 6.41. The summed E-state index contributed by atoms with van der Waals surface area (Å²) in [4.78, 5) is 23.4. The Hall–Kier alpha value is -2.04. The Kier molecular flexibility index (Phi) is 4.39. The number of amides is 2. The molecule has 2 rings (SSSR count). The summed E-state index contributed by atoms with van der Waals surface area (Å²) in [5.41, 5.74) is 0.729. The fraction of sp³-hybridized carbons (Fsp3) is 0.429. The fourth-order valence-corrected chi connectivity index (χ4v) is 2.42. The molecule has 1 aliphatic carbocycles. The van der Waals surface area contributed by atoms with Crippen molar-refractivity contribution in [1.29, 1.82) is 0 Å². The molecular formula is C14H18N2O3. The highest BCUT2D eigenvalue weighted by molar-refractivity contribution is 5.89. The number of nitrogens with one attached hydrogen (secondary N) is 2. The van der Waals surface area contributed by atoms with E-state index in [0.29, 0.717) is 0 Å². The second kappa shape index (κ2) is 6.22. The van der Waals surface area contributed by atoms with Crippen LogP contribution < -0.4 is 10.6 Å². The second-order valence-electron chi connectivity index (χ2n) is 4.63. The molecule has 102 valence electrons. The Morgan fingerprint density at radius 3 is 2.63 bits per heavy atom. The SMILES string of the molecule is COC(=O)[C@@H]1CCC[C@H]1NC(=O)Nc1ccccc1. The molecule has 0 saturated heterocycles. The summed E-state index contributed by atoms with van der Waals surface area (Å²) in [6.45, 7) is 0. The number of para-hydroxylation sites is 1. The minimum absolute atomic E-state index is 0.142. The van der Waals surface area contributed by atoms with Gasteiger partial charge in [0.1, 0.15) is 0 Å². The number of benzene rings is 1. The van der Waals surface area contributed by atoms with Gasteiger partial charge in [-0.05, 0) is 25.0 Å². The molecule has 1 aliphatic rings. The monoisotopic (exact) mass is 262 g/mol. The number of anilines is 1. The Balaban J connectivity index is 1.90. The third-order valence-electron chi connectivity index (χ3n) is 3.37. The van der Waals surface area contributed by atoms with Crippen molar-refractivity contribution in [3.63, 3.8) is 0 Å². The smallest absolute Gasteiger partial charge is 0.319 e. The predicted octanol–water partition coefficient (Wildman–Crippen LogP) is 2.15. The first kappa shape index (κ1) is 13.4. The van der Waals surface area contributed by atoms with Crippen molar-refractivity contribution in [3.8, 4) is 0 Å². The molecule has 0 heterocycles. The molecule has 19 heavy (non-hydrogen) atoms. The van der Waals surface area contributed by atoms with E-state index >= 15 is 0 Å². The van der Waals surface area contributed by atoms with E-state index in [1.807, 2.05) is 30.3 Å². The Morgan fingerprint density at radius 2 is 1.95 bits per heavy atom. The van der Waals surface area contributed by atoms with E-state index in [4.69, 9.17) is 4.74 Å². The molecule has 1 fully saturated rings. The van der Waals surface area contributed by atoms with Crippen LogP contribution in [-0.4, -0.2) is 25.2 Å². The molecule has 5 heteroatoms. The normalized spacial score (nSPS) is 21.7. The average Bonchev–Trinajstić information content (AvgIpc) is 2.87. The molecule has 5 nitrogen and oxygen atoms in total. The summed E-state index contributed by atoms with van der Waals surface area (Å²) in [5.74, 6) is -0.478. The van der Waals surface area contributed by atoms with Gasteiger partial charge in [-0.25, -0.2) is 4.79 Å². The van der Waals surface area contributed by atoms with Crippen molar-refractivity contribution in [1.82, 2.24) is 5.32 Å². The Bertz CT molecular complexity index is 447. The molecule has 0 aliphatic heterocycles. The van der Waals surface area contributed by atoms with Crippen molar-refractivity contribution in [3.05, 3.63) is 30.3 Å². The lowest BCUT2D eigenvalue weighted by molar-refractivity contribution is -0.145. The quantitative estimate of drug-likeness (QED) is 0.820. The van der Waals surface area contributed by atoms with Crippen LogP contribution in [0.2, 0.25) is 0 Å². The van der Waals surface area contributed by atoms with Crippen molar-refractivity contribution in [2.75, 3.05) is 12.4 Å². The van der Waals surface area contributed by atoms with Gasteiger partial charge in [0.25, 0.3) is 0 Å². The second-order valence-corrected chi connectivity index (χ2v) is 4.63. The van der Waals surface area contributed by atoms with Crippen LogP contribution in [0.25, 0.3) is 0 Å². The molecular weight excluding hydrogens is 244 g/mol. The lowest BCUT2D eigenvalue weighted by Gasteiger charge is -2.19. The zero-order valence-corrected chi connectivity index (χ0v) is 10.9. The van der Waals surface area contributed by atoms with E-state index in [2.05, 4.69) is 10.6 Å². The maximum absolute atomic E-state index is 11.9. The fourth-order valence-electron chi connectivity index (χ4n) is 2.42. The van der Waals surface area contributed by atoms with E-state index in [0.717, 1.165) is 24.9 Å². The number of methoxy groups -OCH3 is 1. The molecule has 0 aromatic heterocycles. The number of esters is 1. The number of hydrogen-bond donors (Lipinski definition) is 2. The van der Waals surface area contributed by atoms with Gasteiger partial charge in [-0.2, -0.15) is 0 Å².